The number of nitrogens with zero attached hydrogens (tertiary/aromatic N) is 1. The van der Waals surface area contributed by atoms with Crippen LogP contribution in [0.1, 0.15) is 41.4 Å². The summed E-state index contributed by atoms with van der Waals surface area (Å²) in [5.41, 5.74) is 4.54. The summed E-state index contributed by atoms with van der Waals surface area (Å²) in [5.74, 6) is -0.110. The van der Waals surface area contributed by atoms with Gasteiger partial charge in [-0.05, 0) is 51.0 Å². The van der Waals surface area contributed by atoms with Gasteiger partial charge in [0.15, 0.2) is 5.78 Å². The van der Waals surface area contributed by atoms with Gasteiger partial charge in [-0.1, -0.05) is 30.3 Å². The molecule has 3 aromatic rings. The highest BCUT2D eigenvalue weighted by atomic mass is 16.2. The summed E-state index contributed by atoms with van der Waals surface area (Å²) in [4.78, 5) is 24.7. The van der Waals surface area contributed by atoms with Crippen LogP contribution in [0, 0.1) is 13.8 Å². The lowest BCUT2D eigenvalue weighted by molar-refractivity contribution is -0.118. The molecule has 0 unspecified atom stereocenters. The number of hydrogen-bond donors (Lipinski definition) is 1. The van der Waals surface area contributed by atoms with Crippen molar-refractivity contribution in [3.8, 4) is 0 Å². The Bertz CT molecular complexity index is 969. The molecular formula is C21H22N2O2. The van der Waals surface area contributed by atoms with Crippen molar-refractivity contribution in [1.82, 2.24) is 4.57 Å². The van der Waals surface area contributed by atoms with Crippen molar-refractivity contribution in [1.29, 1.82) is 0 Å². The predicted octanol–water partition coefficient (Wildman–Crippen LogP) is 4.66. The quantitative estimate of drug-likeness (QED) is 0.706. The number of benzene rings is 2. The summed E-state index contributed by atoms with van der Waals surface area (Å²) < 4.78 is 1.87. The van der Waals surface area contributed by atoms with E-state index in [1.807, 2.05) is 67.8 Å². The molecule has 1 aromatic heterocycles. The van der Waals surface area contributed by atoms with E-state index in [0.29, 0.717) is 5.56 Å². The molecule has 0 fully saturated rings. The number of amides is 1. The van der Waals surface area contributed by atoms with Crippen LogP contribution in [0.25, 0.3) is 10.9 Å². The van der Waals surface area contributed by atoms with Crippen LogP contribution in [-0.4, -0.2) is 16.3 Å². The standard InChI is InChI=1S/C21H22N2O2/c1-13-8-7-10-19(14(13)2)22-21(25)15(3)23-12-18(16(4)24)17-9-5-6-11-20(17)23/h5-12,15H,1-4H3,(H,22,25)/t15-/m0/s1. The normalized spacial score (nSPS) is 12.2. The Hall–Kier alpha value is -2.88. The van der Waals surface area contributed by atoms with Crippen molar-refractivity contribution in [2.75, 3.05) is 5.32 Å². The van der Waals surface area contributed by atoms with Gasteiger partial charge in [-0.15, -0.1) is 0 Å². The maximum atomic E-state index is 12.8. The lowest BCUT2D eigenvalue weighted by Gasteiger charge is -2.17. The summed E-state index contributed by atoms with van der Waals surface area (Å²) in [5, 5.41) is 3.88. The SMILES string of the molecule is CC(=O)c1cn([C@@H](C)C(=O)Nc2cccc(C)c2C)c2ccccc12. The van der Waals surface area contributed by atoms with Crippen molar-refractivity contribution in [2.24, 2.45) is 0 Å². The van der Waals surface area contributed by atoms with Crippen molar-refractivity contribution in [3.05, 3.63) is 65.4 Å². The fraction of sp³-hybridized carbons (Fsp3) is 0.238. The summed E-state index contributed by atoms with van der Waals surface area (Å²) >= 11 is 0. The topological polar surface area (TPSA) is 51.1 Å². The van der Waals surface area contributed by atoms with Crippen LogP contribution < -0.4 is 5.32 Å². The third kappa shape index (κ3) is 3.07. The van der Waals surface area contributed by atoms with Gasteiger partial charge in [-0.3, -0.25) is 9.59 Å². The first-order valence-corrected chi connectivity index (χ1v) is 8.37. The van der Waals surface area contributed by atoms with Crippen LogP contribution in [0.2, 0.25) is 0 Å². The number of anilines is 1. The molecule has 0 spiro atoms. The van der Waals surface area contributed by atoms with Crippen LogP contribution in [0.5, 0.6) is 0 Å². The van der Waals surface area contributed by atoms with E-state index in [-0.39, 0.29) is 11.7 Å². The number of ketones is 1. The minimum Gasteiger partial charge on any atom is -0.335 e. The zero-order chi connectivity index (χ0) is 18.1. The number of aromatic nitrogens is 1. The van der Waals surface area contributed by atoms with Crippen LogP contribution in [0.3, 0.4) is 0 Å². The van der Waals surface area contributed by atoms with Gasteiger partial charge >= 0.3 is 0 Å². The molecule has 0 aliphatic rings. The highest BCUT2D eigenvalue weighted by Crippen LogP contribution is 2.26. The predicted molar refractivity (Wildman–Crippen MR) is 101 cm³/mol. The maximum Gasteiger partial charge on any atom is 0.247 e. The number of rotatable bonds is 4. The Morgan fingerprint density at radius 1 is 1.04 bits per heavy atom. The number of Topliss-reactive ketones (excluding diaryl/α,β-unsaturated/α-hetero) is 1. The van der Waals surface area contributed by atoms with Gasteiger partial charge in [-0.2, -0.15) is 0 Å². The molecule has 1 atom stereocenters. The molecule has 1 N–H and O–H groups in total. The molecule has 0 saturated carbocycles. The van der Waals surface area contributed by atoms with Crippen LogP contribution in [0.15, 0.2) is 48.7 Å². The first-order valence-electron chi connectivity index (χ1n) is 8.37. The molecule has 0 aliphatic heterocycles. The molecule has 0 aliphatic carbocycles. The van der Waals surface area contributed by atoms with Crippen molar-refractivity contribution >= 4 is 28.3 Å². The second-order valence-electron chi connectivity index (χ2n) is 6.44. The minimum absolute atomic E-state index is 0.00270. The smallest absolute Gasteiger partial charge is 0.247 e. The Morgan fingerprint density at radius 3 is 2.48 bits per heavy atom. The average Bonchev–Trinajstić information content (AvgIpc) is 2.98. The van der Waals surface area contributed by atoms with Gasteiger partial charge in [0.05, 0.1) is 0 Å². The van der Waals surface area contributed by atoms with E-state index in [1.165, 1.54) is 0 Å². The number of fused-ring (bicyclic) bond motifs is 1. The molecule has 1 heterocycles. The summed E-state index contributed by atoms with van der Waals surface area (Å²) in [6.45, 7) is 7.41. The van der Waals surface area contributed by atoms with E-state index in [2.05, 4.69) is 5.32 Å². The summed E-state index contributed by atoms with van der Waals surface area (Å²) in [6.07, 6.45) is 1.78. The largest absolute Gasteiger partial charge is 0.335 e. The van der Waals surface area contributed by atoms with Crippen molar-refractivity contribution in [2.45, 2.75) is 33.7 Å². The second-order valence-corrected chi connectivity index (χ2v) is 6.44. The lowest BCUT2D eigenvalue weighted by Crippen LogP contribution is -2.23. The van der Waals surface area contributed by atoms with Crippen molar-refractivity contribution in [3.63, 3.8) is 0 Å². The van der Waals surface area contributed by atoms with Gasteiger partial charge in [0.1, 0.15) is 6.04 Å². The van der Waals surface area contributed by atoms with E-state index in [4.69, 9.17) is 0 Å². The molecule has 0 saturated heterocycles. The van der Waals surface area contributed by atoms with Gasteiger partial charge in [0.2, 0.25) is 5.91 Å². The number of nitrogens with one attached hydrogen (secondary N) is 1. The zero-order valence-electron chi connectivity index (χ0n) is 15.0. The van der Waals surface area contributed by atoms with Crippen LogP contribution in [0.4, 0.5) is 5.69 Å². The Kier molecular flexibility index (Phi) is 4.45. The van der Waals surface area contributed by atoms with E-state index in [9.17, 15) is 9.59 Å². The Labute approximate surface area is 147 Å². The zero-order valence-corrected chi connectivity index (χ0v) is 15.0. The lowest BCUT2D eigenvalue weighted by atomic mass is 10.1. The Morgan fingerprint density at radius 2 is 1.76 bits per heavy atom. The average molecular weight is 334 g/mol. The molecule has 128 valence electrons. The molecule has 3 rings (SSSR count). The number of hydrogen-bond acceptors (Lipinski definition) is 2. The monoisotopic (exact) mass is 334 g/mol. The number of carbonyl (C=O) groups excluding carboxylic acids is 2. The van der Waals surface area contributed by atoms with Gasteiger partial charge in [0.25, 0.3) is 0 Å². The van der Waals surface area contributed by atoms with Gasteiger partial charge in [-0.25, -0.2) is 0 Å². The van der Waals surface area contributed by atoms with Gasteiger partial charge < -0.3 is 9.88 Å². The van der Waals surface area contributed by atoms with Crippen LogP contribution >= 0.6 is 0 Å². The van der Waals surface area contributed by atoms with E-state index >= 15 is 0 Å². The van der Waals surface area contributed by atoms with E-state index in [1.54, 1.807) is 13.1 Å². The molecule has 4 heteroatoms. The number of aryl methyl sites for hydroxylation is 1. The van der Waals surface area contributed by atoms with Crippen LogP contribution in [-0.2, 0) is 4.79 Å². The molecule has 2 aromatic carbocycles. The Balaban J connectivity index is 1.96. The fourth-order valence-corrected chi connectivity index (χ4v) is 3.06. The fourth-order valence-electron chi connectivity index (χ4n) is 3.06. The van der Waals surface area contributed by atoms with Crippen molar-refractivity contribution < 1.29 is 9.59 Å². The van der Waals surface area contributed by atoms with Gasteiger partial charge in [0, 0.05) is 28.4 Å². The maximum absolute atomic E-state index is 12.8. The number of para-hydroxylation sites is 1. The first-order chi connectivity index (χ1) is 11.9. The molecule has 1 amide bonds. The highest BCUT2D eigenvalue weighted by Gasteiger charge is 2.20. The third-order valence-corrected chi connectivity index (χ3v) is 4.78. The molecule has 0 radical (unpaired) electrons. The highest BCUT2D eigenvalue weighted by molar-refractivity contribution is 6.07. The summed E-state index contributed by atoms with van der Waals surface area (Å²) in [7, 11) is 0. The molecular weight excluding hydrogens is 312 g/mol. The van der Waals surface area contributed by atoms with E-state index < -0.39 is 6.04 Å². The first kappa shape index (κ1) is 17.0. The summed E-state index contributed by atoms with van der Waals surface area (Å²) in [6, 6.07) is 13.1. The minimum atomic E-state index is -0.432. The molecule has 4 nitrogen and oxygen atoms in total. The molecule has 0 bridgehead atoms. The number of carbonyl (C=O) groups is 2. The molecule has 25 heavy (non-hydrogen) atoms. The van der Waals surface area contributed by atoms with E-state index in [0.717, 1.165) is 27.7 Å². The second kappa shape index (κ2) is 6.55. The third-order valence-electron chi connectivity index (χ3n) is 4.78.